The van der Waals surface area contributed by atoms with E-state index in [0.717, 1.165) is 9.45 Å². The molecule has 0 N–H and O–H groups in total. The van der Waals surface area contributed by atoms with Gasteiger partial charge in [-0.1, -0.05) is 0 Å². The molecule has 3 aromatic rings. The monoisotopic (exact) mass is 421 g/mol. The van der Waals surface area contributed by atoms with Crippen LogP contribution >= 0.6 is 0 Å². The van der Waals surface area contributed by atoms with Gasteiger partial charge in [-0.25, -0.2) is 0 Å². The molecular weight excluding hydrogens is 388 g/mol. The second kappa shape index (κ2) is 10.3. The van der Waals surface area contributed by atoms with Crippen molar-refractivity contribution in [3.63, 3.8) is 0 Å². The average molecular weight is 421 g/mol. The van der Waals surface area contributed by atoms with E-state index >= 15 is 0 Å². The third-order valence-electron chi connectivity index (χ3n) is 5.27. The van der Waals surface area contributed by atoms with Crippen molar-refractivity contribution in [2.75, 3.05) is 0 Å². The van der Waals surface area contributed by atoms with Crippen LogP contribution in [0.15, 0.2) is 72.8 Å². The Hall–Kier alpha value is -1.83. The molecule has 0 aliphatic carbocycles. The Morgan fingerprint density at radius 2 is 1.10 bits per heavy atom. The molecule has 2 heteroatoms. The number of hydrogen-bond acceptors (Lipinski definition) is 1. The molecular formula is C27H33OTi. The first kappa shape index (κ1) is 21.9. The topological polar surface area (TPSA) is 9.23 Å². The van der Waals surface area contributed by atoms with Gasteiger partial charge in [-0.2, -0.15) is 0 Å². The molecule has 0 amide bonds. The minimum absolute atomic E-state index is 0.454. The average Bonchev–Trinajstić information content (AvgIpc) is 2.70. The van der Waals surface area contributed by atoms with Crippen LogP contribution in [0.5, 0.6) is 5.75 Å². The summed E-state index contributed by atoms with van der Waals surface area (Å²) in [5.74, 6) is 2.08. The summed E-state index contributed by atoms with van der Waals surface area (Å²) in [7, 11) is 0. The third-order valence-corrected chi connectivity index (χ3v) is 8.55. The van der Waals surface area contributed by atoms with Gasteiger partial charge in [0.1, 0.15) is 0 Å². The normalized spacial score (nSPS) is 11.1. The molecule has 0 heterocycles. The number of aryl methyl sites for hydroxylation is 1. The Balaban J connectivity index is 1.98. The molecule has 0 radical (unpaired) electrons. The van der Waals surface area contributed by atoms with Gasteiger partial charge in [-0.3, -0.25) is 0 Å². The van der Waals surface area contributed by atoms with Gasteiger partial charge in [-0.15, -0.1) is 0 Å². The van der Waals surface area contributed by atoms with Crippen molar-refractivity contribution in [1.29, 1.82) is 0 Å². The van der Waals surface area contributed by atoms with Gasteiger partial charge in [0.25, 0.3) is 0 Å². The summed E-state index contributed by atoms with van der Waals surface area (Å²) >= 11 is -1.90. The summed E-state index contributed by atoms with van der Waals surface area (Å²) in [6.45, 7) is 11.3. The third kappa shape index (κ3) is 6.08. The van der Waals surface area contributed by atoms with Gasteiger partial charge in [0.2, 0.25) is 0 Å². The van der Waals surface area contributed by atoms with Gasteiger partial charge in [0.15, 0.2) is 0 Å². The molecule has 0 spiro atoms. The van der Waals surface area contributed by atoms with Crippen LogP contribution in [0.1, 0.15) is 67.3 Å². The predicted molar refractivity (Wildman–Crippen MR) is 120 cm³/mol. The molecule has 3 rings (SSSR count). The van der Waals surface area contributed by atoms with Crippen LogP contribution in [-0.2, 0) is 27.7 Å². The van der Waals surface area contributed by atoms with E-state index in [-0.39, 0.29) is 0 Å². The zero-order chi connectivity index (χ0) is 20.8. The molecule has 1 nitrogen and oxygen atoms in total. The summed E-state index contributed by atoms with van der Waals surface area (Å²) in [6.07, 6.45) is 0. The van der Waals surface area contributed by atoms with Crippen LogP contribution in [0.3, 0.4) is 0 Å². The first-order valence-corrected chi connectivity index (χ1v) is 13.5. The summed E-state index contributed by atoms with van der Waals surface area (Å²) in [5, 5.41) is 0. The fraction of sp³-hybridized carbons (Fsp3) is 0.333. The van der Waals surface area contributed by atoms with Crippen LogP contribution in [0.4, 0.5) is 0 Å². The van der Waals surface area contributed by atoms with E-state index in [9.17, 15) is 0 Å². The Morgan fingerprint density at radius 1 is 0.690 bits per heavy atom. The molecule has 0 bridgehead atoms. The molecule has 0 aliphatic heterocycles. The van der Waals surface area contributed by atoms with Crippen molar-refractivity contribution in [3.8, 4) is 5.75 Å². The second-order valence-corrected chi connectivity index (χ2v) is 11.7. The number of benzene rings is 3. The van der Waals surface area contributed by atoms with E-state index in [1.165, 1.54) is 33.6 Å². The molecule has 151 valence electrons. The zero-order valence-corrected chi connectivity index (χ0v) is 20.0. The first-order chi connectivity index (χ1) is 13.9. The molecule has 3 aromatic carbocycles. The van der Waals surface area contributed by atoms with Crippen LogP contribution in [-0.4, -0.2) is 0 Å². The number of hydrogen-bond donors (Lipinski definition) is 0. The summed E-state index contributed by atoms with van der Waals surface area (Å²) in [4.78, 5) is 0. The van der Waals surface area contributed by atoms with Crippen LogP contribution in [0.2, 0.25) is 0 Å². The van der Waals surface area contributed by atoms with Gasteiger partial charge >= 0.3 is 184 Å². The van der Waals surface area contributed by atoms with Crippen LogP contribution in [0.25, 0.3) is 0 Å². The Bertz CT molecular complexity index is 830. The maximum absolute atomic E-state index is 7.03. The SMILES string of the molecule is Cc1cc(C(C)C)c([O][Ti]([CH2]c2ccccc2)[CH2]c2ccccc2)c(C(C)C)c1. The van der Waals surface area contributed by atoms with Crippen molar-refractivity contribution in [2.45, 2.75) is 55.9 Å². The van der Waals surface area contributed by atoms with E-state index in [0.29, 0.717) is 11.8 Å². The Labute approximate surface area is 183 Å². The van der Waals surface area contributed by atoms with Gasteiger partial charge < -0.3 is 0 Å². The molecule has 0 fully saturated rings. The summed E-state index contributed by atoms with van der Waals surface area (Å²) < 4.78 is 9.17. The quantitative estimate of drug-likeness (QED) is 0.341. The summed E-state index contributed by atoms with van der Waals surface area (Å²) in [6, 6.07) is 26.3. The van der Waals surface area contributed by atoms with Gasteiger partial charge in [0.05, 0.1) is 0 Å². The fourth-order valence-corrected chi connectivity index (χ4v) is 7.13. The molecule has 0 aliphatic rings. The van der Waals surface area contributed by atoms with Crippen molar-refractivity contribution in [1.82, 2.24) is 0 Å². The Kier molecular flexibility index (Phi) is 7.75. The Morgan fingerprint density at radius 3 is 1.48 bits per heavy atom. The zero-order valence-electron chi connectivity index (χ0n) is 18.4. The summed E-state index contributed by atoms with van der Waals surface area (Å²) in [5.41, 5.74) is 6.84. The minimum atomic E-state index is -1.90. The van der Waals surface area contributed by atoms with Gasteiger partial charge in [0, 0.05) is 0 Å². The maximum atomic E-state index is 7.03. The van der Waals surface area contributed by atoms with E-state index in [4.69, 9.17) is 3.32 Å². The van der Waals surface area contributed by atoms with Crippen molar-refractivity contribution >= 4 is 0 Å². The van der Waals surface area contributed by atoms with E-state index in [1.807, 2.05) is 0 Å². The molecule has 29 heavy (non-hydrogen) atoms. The first-order valence-electron chi connectivity index (χ1n) is 10.7. The van der Waals surface area contributed by atoms with Crippen molar-refractivity contribution < 1.29 is 21.6 Å². The second-order valence-electron chi connectivity index (χ2n) is 8.55. The predicted octanol–water partition coefficient (Wildman–Crippen LogP) is 7.55. The van der Waals surface area contributed by atoms with E-state index in [2.05, 4.69) is 107 Å². The molecule has 0 unspecified atom stereocenters. The van der Waals surface area contributed by atoms with Crippen molar-refractivity contribution in [3.05, 3.63) is 101 Å². The van der Waals surface area contributed by atoms with Crippen molar-refractivity contribution in [2.24, 2.45) is 0 Å². The molecule has 0 saturated carbocycles. The van der Waals surface area contributed by atoms with Gasteiger partial charge in [-0.05, 0) is 0 Å². The number of rotatable bonds is 8. The molecule has 0 atom stereocenters. The van der Waals surface area contributed by atoms with Crippen LogP contribution in [0, 0.1) is 6.92 Å². The van der Waals surface area contributed by atoms with Crippen LogP contribution < -0.4 is 3.32 Å². The standard InChI is InChI=1S/C13H20O.2C7H7.Ti/c1-8(2)11-6-10(5)7-12(9(3)4)13(11)14;2*1-7-5-3-2-4-6-7;/h6-9,14H,1-5H3;2*2-6H,1H2;/q;;;+1/p-1. The molecule has 0 saturated heterocycles. The fourth-order valence-electron chi connectivity index (χ4n) is 3.73. The molecule has 0 aromatic heterocycles. The van der Waals surface area contributed by atoms with E-state index in [1.54, 1.807) is 0 Å². The van der Waals surface area contributed by atoms with E-state index < -0.39 is 18.3 Å².